The van der Waals surface area contributed by atoms with Crippen molar-refractivity contribution in [2.75, 3.05) is 0 Å². The van der Waals surface area contributed by atoms with E-state index in [-0.39, 0.29) is 35.8 Å². The van der Waals surface area contributed by atoms with Gasteiger partial charge in [-0.2, -0.15) is 0 Å². The van der Waals surface area contributed by atoms with Gasteiger partial charge >= 0.3 is 0 Å². The third kappa shape index (κ3) is 3.11. The number of hydrogen-bond acceptors (Lipinski definition) is 2. The summed E-state index contributed by atoms with van der Waals surface area (Å²) in [5, 5.41) is 3.22. The van der Waals surface area contributed by atoms with Crippen LogP contribution in [0.1, 0.15) is 51.9 Å². The lowest BCUT2D eigenvalue weighted by atomic mass is 9.98. The zero-order valence-electron chi connectivity index (χ0n) is 10.00. The van der Waals surface area contributed by atoms with Crippen molar-refractivity contribution >= 4 is 18.3 Å². The lowest BCUT2D eigenvalue weighted by Gasteiger charge is -2.27. The molecule has 0 heterocycles. The van der Waals surface area contributed by atoms with E-state index >= 15 is 0 Å². The maximum atomic E-state index is 12.0. The van der Waals surface area contributed by atoms with Crippen LogP contribution in [0.2, 0.25) is 0 Å². The van der Waals surface area contributed by atoms with Gasteiger partial charge in [-0.25, -0.2) is 0 Å². The number of rotatable bonds is 2. The normalized spacial score (nSPS) is 32.1. The van der Waals surface area contributed by atoms with Crippen LogP contribution in [0, 0.1) is 5.92 Å². The molecule has 3 nitrogen and oxygen atoms in total. The Morgan fingerprint density at radius 3 is 2.44 bits per heavy atom. The van der Waals surface area contributed by atoms with E-state index in [9.17, 15) is 4.79 Å². The summed E-state index contributed by atoms with van der Waals surface area (Å²) in [4.78, 5) is 12.0. The summed E-state index contributed by atoms with van der Waals surface area (Å²) < 4.78 is 0. The van der Waals surface area contributed by atoms with Gasteiger partial charge in [-0.3, -0.25) is 4.79 Å². The minimum Gasteiger partial charge on any atom is -0.351 e. The molecule has 0 bridgehead atoms. The largest absolute Gasteiger partial charge is 0.351 e. The highest BCUT2D eigenvalue weighted by Crippen LogP contribution is 2.31. The first-order valence-electron chi connectivity index (χ1n) is 6.17. The molecule has 2 aliphatic carbocycles. The molecule has 2 atom stereocenters. The molecule has 2 fully saturated rings. The van der Waals surface area contributed by atoms with E-state index in [4.69, 9.17) is 5.73 Å². The fourth-order valence-corrected chi connectivity index (χ4v) is 2.93. The number of carbonyl (C=O) groups is 1. The molecule has 0 aliphatic heterocycles. The Kier molecular flexibility index (Phi) is 4.62. The average Bonchev–Trinajstić information content (AvgIpc) is 2.75. The summed E-state index contributed by atoms with van der Waals surface area (Å²) in [6.45, 7) is 2.17. The standard InChI is InChI=1S/C12H22N2O.ClH/c1-12(6-2-3-7-12)14-11(15)9-4-5-10(13)8-9;/h9-10H,2-8,13H2,1H3,(H,14,15);1H. The monoisotopic (exact) mass is 246 g/mol. The Bertz CT molecular complexity index is 251. The molecule has 0 aromatic carbocycles. The predicted molar refractivity (Wildman–Crippen MR) is 67.6 cm³/mol. The molecule has 4 heteroatoms. The van der Waals surface area contributed by atoms with Gasteiger partial charge in [0.05, 0.1) is 0 Å². The molecule has 2 aliphatic rings. The molecule has 94 valence electrons. The van der Waals surface area contributed by atoms with Crippen LogP contribution >= 0.6 is 12.4 Å². The van der Waals surface area contributed by atoms with Gasteiger partial charge < -0.3 is 11.1 Å². The van der Waals surface area contributed by atoms with Gasteiger partial charge in [0.25, 0.3) is 0 Å². The second-order valence-electron chi connectivity index (χ2n) is 5.53. The van der Waals surface area contributed by atoms with Crippen LogP contribution in [0.15, 0.2) is 0 Å². The van der Waals surface area contributed by atoms with Crippen molar-refractivity contribution in [2.45, 2.75) is 63.5 Å². The van der Waals surface area contributed by atoms with Crippen molar-refractivity contribution in [3.05, 3.63) is 0 Å². The van der Waals surface area contributed by atoms with Crippen molar-refractivity contribution in [1.29, 1.82) is 0 Å². The Morgan fingerprint density at radius 2 is 1.94 bits per heavy atom. The molecule has 2 rings (SSSR count). The number of amides is 1. The summed E-state index contributed by atoms with van der Waals surface area (Å²) in [5.74, 6) is 0.421. The van der Waals surface area contributed by atoms with Gasteiger partial charge in [0.15, 0.2) is 0 Å². The number of nitrogens with two attached hydrogens (primary N) is 1. The van der Waals surface area contributed by atoms with E-state index in [1.807, 2.05) is 0 Å². The van der Waals surface area contributed by atoms with Crippen LogP contribution in [-0.4, -0.2) is 17.5 Å². The van der Waals surface area contributed by atoms with E-state index in [1.54, 1.807) is 0 Å². The second kappa shape index (κ2) is 5.37. The zero-order valence-corrected chi connectivity index (χ0v) is 10.8. The third-order valence-corrected chi connectivity index (χ3v) is 3.98. The highest BCUT2D eigenvalue weighted by Gasteiger charge is 2.34. The average molecular weight is 247 g/mol. The fourth-order valence-electron chi connectivity index (χ4n) is 2.93. The van der Waals surface area contributed by atoms with Crippen molar-refractivity contribution in [3.63, 3.8) is 0 Å². The van der Waals surface area contributed by atoms with Crippen molar-refractivity contribution in [2.24, 2.45) is 11.7 Å². The molecular weight excluding hydrogens is 224 g/mol. The van der Waals surface area contributed by atoms with Crippen LogP contribution in [0.25, 0.3) is 0 Å². The van der Waals surface area contributed by atoms with Crippen molar-refractivity contribution < 1.29 is 4.79 Å². The number of halogens is 1. The lowest BCUT2D eigenvalue weighted by Crippen LogP contribution is -2.46. The molecule has 0 radical (unpaired) electrons. The molecule has 3 N–H and O–H groups in total. The van der Waals surface area contributed by atoms with Crippen molar-refractivity contribution in [3.8, 4) is 0 Å². The predicted octanol–water partition coefficient (Wildman–Crippen LogP) is 1.98. The van der Waals surface area contributed by atoms with E-state index in [2.05, 4.69) is 12.2 Å². The van der Waals surface area contributed by atoms with Crippen LogP contribution < -0.4 is 11.1 Å². The van der Waals surface area contributed by atoms with Gasteiger partial charge in [0.1, 0.15) is 0 Å². The lowest BCUT2D eigenvalue weighted by molar-refractivity contribution is -0.126. The first-order chi connectivity index (χ1) is 7.09. The first kappa shape index (κ1) is 13.8. The molecular formula is C12H23ClN2O. The minimum atomic E-state index is 0. The quantitative estimate of drug-likeness (QED) is 0.783. The molecule has 2 saturated carbocycles. The smallest absolute Gasteiger partial charge is 0.223 e. The molecule has 1 amide bonds. The van der Waals surface area contributed by atoms with E-state index in [1.165, 1.54) is 12.8 Å². The number of carbonyl (C=O) groups excluding carboxylic acids is 1. The number of hydrogen-bond donors (Lipinski definition) is 2. The van der Waals surface area contributed by atoms with E-state index in [0.717, 1.165) is 32.1 Å². The topological polar surface area (TPSA) is 55.1 Å². The molecule has 0 saturated heterocycles. The summed E-state index contributed by atoms with van der Waals surface area (Å²) in [6, 6.07) is 0.247. The van der Waals surface area contributed by atoms with Gasteiger partial charge in [-0.15, -0.1) is 12.4 Å². The zero-order chi connectivity index (χ0) is 10.9. The molecule has 0 spiro atoms. The Labute approximate surface area is 104 Å². The Morgan fingerprint density at radius 1 is 1.31 bits per heavy atom. The first-order valence-corrected chi connectivity index (χ1v) is 6.17. The second-order valence-corrected chi connectivity index (χ2v) is 5.53. The summed E-state index contributed by atoms with van der Waals surface area (Å²) in [7, 11) is 0. The Hall–Kier alpha value is -0.280. The van der Waals surface area contributed by atoms with Crippen LogP contribution in [0.5, 0.6) is 0 Å². The van der Waals surface area contributed by atoms with E-state index < -0.39 is 0 Å². The van der Waals surface area contributed by atoms with Crippen LogP contribution in [-0.2, 0) is 4.79 Å². The maximum absolute atomic E-state index is 12.0. The van der Waals surface area contributed by atoms with Crippen molar-refractivity contribution in [1.82, 2.24) is 5.32 Å². The summed E-state index contributed by atoms with van der Waals surface area (Å²) >= 11 is 0. The van der Waals surface area contributed by atoms with E-state index in [0.29, 0.717) is 0 Å². The summed E-state index contributed by atoms with van der Waals surface area (Å²) in [5.41, 5.74) is 5.90. The van der Waals surface area contributed by atoms with Crippen LogP contribution in [0.4, 0.5) is 0 Å². The van der Waals surface area contributed by atoms with Gasteiger partial charge in [-0.1, -0.05) is 12.8 Å². The fraction of sp³-hybridized carbons (Fsp3) is 0.917. The Balaban J connectivity index is 0.00000128. The van der Waals surface area contributed by atoms with Gasteiger partial charge in [0, 0.05) is 17.5 Å². The summed E-state index contributed by atoms with van der Waals surface area (Å²) in [6.07, 6.45) is 7.64. The molecule has 0 aromatic rings. The molecule has 0 aromatic heterocycles. The maximum Gasteiger partial charge on any atom is 0.223 e. The SMILES string of the molecule is CC1(NC(=O)C2CCC(N)C2)CCCC1.Cl. The third-order valence-electron chi connectivity index (χ3n) is 3.98. The highest BCUT2D eigenvalue weighted by atomic mass is 35.5. The molecule has 16 heavy (non-hydrogen) atoms. The highest BCUT2D eigenvalue weighted by molar-refractivity contribution is 5.85. The van der Waals surface area contributed by atoms with Gasteiger partial charge in [-0.05, 0) is 39.0 Å². The number of nitrogens with one attached hydrogen (secondary N) is 1. The van der Waals surface area contributed by atoms with Crippen LogP contribution in [0.3, 0.4) is 0 Å². The molecule has 2 unspecified atom stereocenters. The minimum absolute atomic E-state index is 0. The van der Waals surface area contributed by atoms with Gasteiger partial charge in [0.2, 0.25) is 5.91 Å².